The Kier molecular flexibility index (Phi) is 20.2. The lowest BCUT2D eigenvalue weighted by molar-refractivity contribution is -0.0690. The highest BCUT2D eigenvalue weighted by Crippen LogP contribution is 2.46. The third-order valence-corrected chi connectivity index (χ3v) is 11.4. The molecule has 1 aliphatic heterocycles. The smallest absolute Gasteiger partial charge is 0.472 e. The van der Waals surface area contributed by atoms with Gasteiger partial charge in [-0.1, -0.05) is 115 Å². The Hall–Kier alpha value is -3.16. The molecule has 16 heteroatoms. The van der Waals surface area contributed by atoms with Crippen LogP contribution in [-0.2, 0) is 40.0 Å². The summed E-state index contributed by atoms with van der Waals surface area (Å²) in [7, 11) is -3.15. The van der Waals surface area contributed by atoms with E-state index in [1.807, 2.05) is 30.3 Å². The predicted molar refractivity (Wildman–Crippen MR) is 215 cm³/mol. The van der Waals surface area contributed by atoms with Gasteiger partial charge in [0.25, 0.3) is 0 Å². The third kappa shape index (κ3) is 14.6. The minimum Gasteiger partial charge on any atom is -0.497 e. The zero-order valence-corrected chi connectivity index (χ0v) is 34.6. The van der Waals surface area contributed by atoms with E-state index in [0.717, 1.165) is 24.8 Å². The number of phosphoric acid groups is 1. The van der Waals surface area contributed by atoms with Crippen LogP contribution in [0.3, 0.4) is 0 Å². The van der Waals surface area contributed by atoms with Crippen LogP contribution in [0.5, 0.6) is 5.75 Å². The van der Waals surface area contributed by atoms with Gasteiger partial charge in [0, 0.05) is 6.61 Å². The molecule has 0 radical (unpaired) electrons. The Morgan fingerprint density at radius 3 is 2.12 bits per heavy atom. The van der Waals surface area contributed by atoms with E-state index < -0.39 is 44.4 Å². The molecule has 0 aliphatic carbocycles. The molecule has 3 heterocycles. The molecule has 1 fully saturated rings. The van der Waals surface area contributed by atoms with Crippen molar-refractivity contribution in [3.05, 3.63) is 54.0 Å². The number of benzene rings is 1. The molecule has 0 saturated carbocycles. The second-order valence-corrected chi connectivity index (χ2v) is 16.3. The third-order valence-electron chi connectivity index (χ3n) is 10.4. The molecule has 2 aromatic heterocycles. The Morgan fingerprint density at radius 1 is 0.912 bits per heavy atom. The molecule has 15 nitrogen and oxygen atoms in total. The summed E-state index contributed by atoms with van der Waals surface area (Å²) in [4.78, 5) is 14.5. The van der Waals surface area contributed by atoms with Crippen LogP contribution < -0.4 is 10.5 Å². The van der Waals surface area contributed by atoms with E-state index in [2.05, 4.69) is 17.0 Å². The van der Waals surface area contributed by atoms with Crippen molar-refractivity contribution in [2.45, 2.75) is 146 Å². The van der Waals surface area contributed by atoms with Crippen molar-refractivity contribution >= 4 is 19.2 Å². The monoisotopic (exact) mass is 817 g/mol. The maximum absolute atomic E-state index is 13.0. The van der Waals surface area contributed by atoms with Gasteiger partial charge in [0.05, 0.1) is 39.2 Å². The summed E-state index contributed by atoms with van der Waals surface area (Å²) in [6, 6.07) is 12.3. The van der Waals surface area contributed by atoms with Gasteiger partial charge in [-0.25, -0.2) is 14.1 Å². The standard InChI is InChI=1S/C41H64N5O10P/c1-3-4-5-6-7-8-9-10-11-12-13-14-15-16-17-18-25-52-27-34(53-26-32-19-21-33(51-2)22-20-32)28-54-57(49,50)55-29-36-38(47)39(48)41(30-42,56-36)37-24-23-35-40(43)44-31-45-46(35)37/h19-24,31,34,36,38-39,47-48H,3-18,25-29H2,1-2H3,(H,49,50)(H2,43,44,45)/t34-,36-,38-,39-,41+/m1/s1. The van der Waals surface area contributed by atoms with E-state index in [1.54, 1.807) is 13.2 Å². The minimum absolute atomic E-state index is 0.0861. The van der Waals surface area contributed by atoms with E-state index in [1.165, 1.54) is 100 Å². The summed E-state index contributed by atoms with van der Waals surface area (Å²) in [6.07, 6.45) is 16.2. The van der Waals surface area contributed by atoms with Crippen LogP contribution in [0.2, 0.25) is 0 Å². The van der Waals surface area contributed by atoms with Crippen molar-refractivity contribution in [2.75, 3.05) is 39.3 Å². The SMILES string of the molecule is CCCCCCCCCCCCCCCCCCOC[C@H](COP(=O)(O)OC[C@H]1O[C@@](C#N)(c2ccc3c(N)ncnn23)[C@H](O)[C@@H]1O)OCc1ccc(OC)cc1. The van der Waals surface area contributed by atoms with Gasteiger partial charge in [-0.15, -0.1) is 0 Å². The number of nitrogens with zero attached hydrogens (tertiary/aromatic N) is 4. The van der Waals surface area contributed by atoms with Crippen molar-refractivity contribution in [1.82, 2.24) is 14.6 Å². The molecule has 1 aromatic carbocycles. The van der Waals surface area contributed by atoms with Gasteiger partial charge in [-0.05, 0) is 36.2 Å². The molecule has 1 saturated heterocycles. The Labute approximate surface area is 337 Å². The first-order chi connectivity index (χ1) is 27.6. The van der Waals surface area contributed by atoms with Crippen molar-refractivity contribution in [1.29, 1.82) is 5.26 Å². The van der Waals surface area contributed by atoms with Gasteiger partial charge >= 0.3 is 7.82 Å². The number of rotatable bonds is 30. The number of nitrogens with two attached hydrogens (primary N) is 1. The summed E-state index contributed by atoms with van der Waals surface area (Å²) in [5.41, 5.74) is 5.13. The molecule has 1 unspecified atom stereocenters. The first-order valence-corrected chi connectivity index (χ1v) is 22.1. The fourth-order valence-electron chi connectivity index (χ4n) is 6.98. The fourth-order valence-corrected chi connectivity index (χ4v) is 7.74. The Balaban J connectivity index is 1.18. The summed E-state index contributed by atoms with van der Waals surface area (Å²) in [6.45, 7) is 2.08. The first-order valence-electron chi connectivity index (χ1n) is 20.6. The molecule has 0 spiro atoms. The quantitative estimate of drug-likeness (QED) is 0.0388. The molecular formula is C41H64N5O10P. The lowest BCUT2D eigenvalue weighted by Crippen LogP contribution is -2.41. The van der Waals surface area contributed by atoms with Crippen molar-refractivity contribution < 1.29 is 47.7 Å². The molecule has 4 rings (SSSR count). The van der Waals surface area contributed by atoms with E-state index in [9.17, 15) is 24.9 Å². The number of hydrogen-bond donors (Lipinski definition) is 4. The van der Waals surface area contributed by atoms with Gasteiger partial charge < -0.3 is 39.8 Å². The number of phosphoric ester groups is 1. The summed E-state index contributed by atoms with van der Waals surface area (Å²) in [5, 5.41) is 36.0. The average molecular weight is 818 g/mol. The zero-order chi connectivity index (χ0) is 40.9. The van der Waals surface area contributed by atoms with Crippen LogP contribution in [0.1, 0.15) is 121 Å². The lowest BCUT2D eigenvalue weighted by Gasteiger charge is -2.24. The molecule has 6 atom stereocenters. The lowest BCUT2D eigenvalue weighted by atomic mass is 9.92. The number of nitriles is 1. The normalized spacial score (nSPS) is 21.1. The number of hydrogen-bond acceptors (Lipinski definition) is 13. The van der Waals surface area contributed by atoms with Gasteiger partial charge in [0.2, 0.25) is 5.60 Å². The van der Waals surface area contributed by atoms with Gasteiger partial charge in [0.1, 0.15) is 48.1 Å². The molecule has 57 heavy (non-hydrogen) atoms. The number of ether oxygens (including phenoxy) is 4. The maximum Gasteiger partial charge on any atom is 0.472 e. The minimum atomic E-state index is -4.74. The average Bonchev–Trinajstić information content (AvgIpc) is 3.77. The predicted octanol–water partition coefficient (Wildman–Crippen LogP) is 7.16. The Morgan fingerprint density at radius 2 is 1.53 bits per heavy atom. The van der Waals surface area contributed by atoms with Gasteiger partial charge in [-0.2, -0.15) is 10.4 Å². The highest BCUT2D eigenvalue weighted by Gasteiger charge is 2.58. The van der Waals surface area contributed by atoms with E-state index in [4.69, 9.17) is 33.7 Å². The number of nitrogen functional groups attached to an aromatic ring is 1. The molecule has 5 N–H and O–H groups in total. The first kappa shape index (κ1) is 46.5. The largest absolute Gasteiger partial charge is 0.497 e. The van der Waals surface area contributed by atoms with Gasteiger partial charge in [0.15, 0.2) is 5.82 Å². The van der Waals surface area contributed by atoms with Crippen molar-refractivity contribution in [2.24, 2.45) is 0 Å². The number of aliphatic hydroxyl groups is 2. The number of anilines is 1. The summed E-state index contributed by atoms with van der Waals surface area (Å²) < 4.78 is 47.8. The number of unbranched alkanes of at least 4 members (excludes halogenated alkanes) is 15. The molecular weight excluding hydrogens is 753 g/mol. The summed E-state index contributed by atoms with van der Waals surface area (Å²) in [5.74, 6) is 0.836. The van der Waals surface area contributed by atoms with Crippen LogP contribution in [0.25, 0.3) is 5.52 Å². The van der Waals surface area contributed by atoms with Gasteiger partial charge in [-0.3, -0.25) is 9.05 Å². The number of fused-ring (bicyclic) bond motifs is 1. The van der Waals surface area contributed by atoms with Crippen molar-refractivity contribution in [3.8, 4) is 11.8 Å². The van der Waals surface area contributed by atoms with Crippen molar-refractivity contribution in [3.63, 3.8) is 0 Å². The second-order valence-electron chi connectivity index (χ2n) is 14.8. The highest BCUT2D eigenvalue weighted by atomic mass is 31.2. The molecule has 318 valence electrons. The van der Waals surface area contributed by atoms with Crippen LogP contribution >= 0.6 is 7.82 Å². The number of methoxy groups -OCH3 is 1. The van der Waals surface area contributed by atoms with E-state index >= 15 is 0 Å². The topological polar surface area (TPSA) is 213 Å². The van der Waals surface area contributed by atoms with Crippen LogP contribution in [-0.4, -0.2) is 87.7 Å². The summed E-state index contributed by atoms with van der Waals surface area (Å²) >= 11 is 0. The van der Waals surface area contributed by atoms with Crippen LogP contribution in [0.4, 0.5) is 5.82 Å². The van der Waals surface area contributed by atoms with E-state index in [0.29, 0.717) is 17.9 Å². The number of aliphatic hydroxyl groups excluding tert-OH is 2. The molecule has 1 aliphatic rings. The highest BCUT2D eigenvalue weighted by molar-refractivity contribution is 7.47. The second kappa shape index (κ2) is 24.7. The van der Waals surface area contributed by atoms with Crippen LogP contribution in [0.15, 0.2) is 42.7 Å². The molecule has 0 bridgehead atoms. The molecule has 0 amide bonds. The number of aromatic nitrogens is 3. The molecule has 3 aromatic rings. The maximum atomic E-state index is 13.0. The van der Waals surface area contributed by atoms with E-state index in [-0.39, 0.29) is 31.3 Å². The van der Waals surface area contributed by atoms with Crippen LogP contribution in [0, 0.1) is 11.3 Å². The fraction of sp³-hybridized carbons (Fsp3) is 0.683. The zero-order valence-electron chi connectivity index (χ0n) is 33.7. The Bertz CT molecular complexity index is 1670.